The van der Waals surface area contributed by atoms with Crippen LogP contribution in [0, 0.1) is 25.1 Å². The first-order valence-corrected chi connectivity index (χ1v) is 44.6. The molecule has 6 aliphatic heterocycles. The number of nitrogens with zero attached hydrogens (tertiary/aromatic N) is 16. The second-order valence-electron chi connectivity index (χ2n) is 33.2. The summed E-state index contributed by atoms with van der Waals surface area (Å²) in [6, 6.07) is 38.7. The number of rotatable bonds is 23. The Morgan fingerprint density at radius 1 is 0.484 bits per heavy atom. The predicted octanol–water partition coefficient (Wildman–Crippen LogP) is 12.4. The molecule has 2 unspecified atom stereocenters. The van der Waals surface area contributed by atoms with E-state index in [1.54, 1.807) is 105 Å². The van der Waals surface area contributed by atoms with Crippen molar-refractivity contribution in [2.45, 2.75) is 75.9 Å². The molecule has 9 aromatic heterocycles. The van der Waals surface area contributed by atoms with Gasteiger partial charge in [-0.05, 0) is 185 Å². The van der Waals surface area contributed by atoms with Crippen LogP contribution in [0.25, 0.3) is 89.1 Å². The number of carbonyl (C=O) groups is 6. The molecule has 128 heavy (non-hydrogen) atoms. The van der Waals surface area contributed by atoms with Crippen molar-refractivity contribution < 1.29 is 47.4 Å². The van der Waals surface area contributed by atoms with E-state index in [4.69, 9.17) is 14.2 Å². The smallest absolute Gasteiger partial charge is 0.258 e. The Kier molecular flexibility index (Phi) is 26.4. The number of hydrogen-bond donors (Lipinski definition) is 6. The number of carbonyl (C=O) groups excluding carboxylic acids is 6. The molecule has 0 spiro atoms. The van der Waals surface area contributed by atoms with Crippen molar-refractivity contribution in [3.63, 3.8) is 0 Å². The average Bonchev–Trinajstić information content (AvgIpc) is 1.74. The van der Waals surface area contributed by atoms with Crippen LogP contribution in [0.1, 0.15) is 77.8 Å². The number of halogens is 1. The molecule has 34 heteroatoms. The van der Waals surface area contributed by atoms with E-state index in [1.807, 2.05) is 133 Å². The van der Waals surface area contributed by atoms with Crippen molar-refractivity contribution in [2.75, 3.05) is 142 Å². The number of hydrogen-bond acceptors (Lipinski definition) is 24. The molecule has 6 aliphatic rings. The maximum Gasteiger partial charge on any atom is 0.258 e. The van der Waals surface area contributed by atoms with Gasteiger partial charge in [0.1, 0.15) is 39.2 Å². The number of aromatic amines is 3. The number of nitrogens with one attached hydrogen (secondary N) is 6. The van der Waals surface area contributed by atoms with Gasteiger partial charge in [0, 0.05) is 203 Å². The molecule has 4 saturated heterocycles. The summed E-state index contributed by atoms with van der Waals surface area (Å²) in [4.78, 5) is 123. The standard InChI is InChI=1S/C36H35FN8O3.C29H33N7O3S.C29H31N7O3S/c1-48-23-36(35(47)41-30-12-11-29-33(40-30)32(43-42-29)26-7-9-28(37)10-8-26)15-20-44(22-36)21-31(46)45-18-13-25(14-19-45)24-3-5-27(6-4-24)34-38-16-2-17-39-34;2*1-19-15-21(5-9-30-19)26-23-16-22(3-4-24(23)33-34-26)32-28(38)29(39-2)8-13-35(18-29)17-25(37)36-11-6-20(7-12-36)27-31-10-14-40-27/h2-13,16-17H,14-15,18-23H2,1H3,(H,42,43)(H,40,41,47);3-5,9-10,14-16,20H,6-8,11-13,17-18H2,1-2H3,(H,32,38)(H,33,34);3-6,9-10,14-16H,7-8,11-13,17-18H2,1-2H3,(H,32,38)(H,33,34)/t36-;;/m1../s1. The van der Waals surface area contributed by atoms with Crippen LogP contribution in [0.5, 0.6) is 0 Å². The summed E-state index contributed by atoms with van der Waals surface area (Å²) >= 11 is 3.31. The van der Waals surface area contributed by atoms with Crippen molar-refractivity contribution in [3.8, 4) is 45.2 Å². The number of thiazole rings is 2. The van der Waals surface area contributed by atoms with Crippen LogP contribution in [-0.2, 0) is 43.0 Å². The number of methoxy groups -OCH3 is 3. The van der Waals surface area contributed by atoms with Crippen LogP contribution in [0.3, 0.4) is 0 Å². The third kappa shape index (κ3) is 19.5. The minimum atomic E-state index is -1.03. The fourth-order valence-corrected chi connectivity index (χ4v) is 19.3. The van der Waals surface area contributed by atoms with E-state index in [9.17, 15) is 33.2 Å². The molecule has 658 valence electrons. The highest BCUT2D eigenvalue weighted by Gasteiger charge is 2.49. The molecule has 6 N–H and O–H groups in total. The lowest BCUT2D eigenvalue weighted by Gasteiger charge is -2.32. The first-order valence-electron chi connectivity index (χ1n) is 42.8. The molecule has 3 atom stereocenters. The van der Waals surface area contributed by atoms with Gasteiger partial charge in [-0.25, -0.2) is 29.3 Å². The lowest BCUT2D eigenvalue weighted by atomic mass is 9.87. The summed E-state index contributed by atoms with van der Waals surface area (Å²) in [7, 11) is 4.70. The van der Waals surface area contributed by atoms with Gasteiger partial charge in [0.15, 0.2) is 17.0 Å². The summed E-state index contributed by atoms with van der Waals surface area (Å²) in [5.41, 5.74) is 12.6. The monoisotopic (exact) mass is 1760 g/mol. The van der Waals surface area contributed by atoms with Crippen LogP contribution in [0.4, 0.5) is 21.6 Å². The number of likely N-dealkylation sites (tertiary alicyclic amines) is 4. The van der Waals surface area contributed by atoms with Crippen LogP contribution < -0.4 is 16.0 Å². The van der Waals surface area contributed by atoms with Gasteiger partial charge in [0.05, 0.1) is 53.2 Å². The SMILES string of the molecule is COC1(C(=O)Nc2ccc3[nH]nc(-c4ccnc(C)c4)c3c2)CCN(CC(=O)N2CC=C(c3nccs3)CC2)C1.COC1(C(=O)Nc2ccc3[nH]nc(-c4ccnc(C)c4)c3c2)CCN(CC(=O)N2CCC(c3nccs3)CC2)C1.COC[C@@]1(C(=O)Nc2ccc3[nH]nc(-c4ccc(F)cc4)c3n2)CCN(CC(=O)N2CC=C(c3ccc(-c4ncccn4)cc3)CC2)C1. The molecule has 0 bridgehead atoms. The molecule has 4 aromatic carbocycles. The summed E-state index contributed by atoms with van der Waals surface area (Å²) in [6.07, 6.45) is 19.9. The van der Waals surface area contributed by atoms with Crippen LogP contribution in [0.2, 0.25) is 0 Å². The Bertz CT molecular complexity index is 6240. The Morgan fingerprint density at radius 3 is 1.55 bits per heavy atom. The zero-order valence-electron chi connectivity index (χ0n) is 71.8. The number of piperidine rings is 1. The van der Waals surface area contributed by atoms with Crippen molar-refractivity contribution in [2.24, 2.45) is 5.41 Å². The molecular formula is C94H99FN22O9S2. The molecule has 4 fully saturated rings. The summed E-state index contributed by atoms with van der Waals surface area (Å²) < 4.78 is 30.6. The van der Waals surface area contributed by atoms with Gasteiger partial charge in [-0.2, -0.15) is 15.3 Å². The lowest BCUT2D eigenvalue weighted by molar-refractivity contribution is -0.138. The van der Waals surface area contributed by atoms with E-state index >= 15 is 0 Å². The first-order chi connectivity index (χ1) is 62.3. The second kappa shape index (κ2) is 38.7. The van der Waals surface area contributed by atoms with E-state index in [0.717, 1.165) is 116 Å². The number of amides is 6. The van der Waals surface area contributed by atoms with E-state index in [-0.39, 0.29) is 67.5 Å². The number of H-pyrrole nitrogens is 3. The highest BCUT2D eigenvalue weighted by molar-refractivity contribution is 7.10. The lowest BCUT2D eigenvalue weighted by Crippen LogP contribution is -2.48. The zero-order chi connectivity index (χ0) is 88.5. The Labute approximate surface area is 746 Å². The Balaban J connectivity index is 0.000000136. The largest absolute Gasteiger partial charge is 0.384 e. The molecule has 6 amide bonds. The van der Waals surface area contributed by atoms with E-state index in [2.05, 4.69) is 106 Å². The van der Waals surface area contributed by atoms with Gasteiger partial charge in [0.25, 0.3) is 11.8 Å². The van der Waals surface area contributed by atoms with Crippen molar-refractivity contribution in [1.29, 1.82) is 0 Å². The van der Waals surface area contributed by atoms with Gasteiger partial charge >= 0.3 is 0 Å². The third-order valence-electron chi connectivity index (χ3n) is 24.9. The highest BCUT2D eigenvalue weighted by atomic mass is 32.1. The molecule has 15 heterocycles. The Morgan fingerprint density at radius 2 is 1.01 bits per heavy atom. The highest BCUT2D eigenvalue weighted by Crippen LogP contribution is 2.39. The number of benzene rings is 4. The van der Waals surface area contributed by atoms with Gasteiger partial charge in [-0.3, -0.25) is 68.7 Å². The molecule has 0 aliphatic carbocycles. The van der Waals surface area contributed by atoms with Crippen LogP contribution in [-0.4, -0.2) is 268 Å². The molecule has 13 aromatic rings. The normalized spacial score (nSPS) is 19.3. The maximum absolute atomic E-state index is 13.8. The van der Waals surface area contributed by atoms with E-state index < -0.39 is 16.6 Å². The van der Waals surface area contributed by atoms with Gasteiger partial charge in [-0.15, -0.1) is 22.7 Å². The topological polar surface area (TPSA) is 362 Å². The minimum absolute atomic E-state index is 0.0379. The number of pyridine rings is 3. The molecular weight excluding hydrogens is 1660 g/mol. The molecule has 0 saturated carbocycles. The van der Waals surface area contributed by atoms with Gasteiger partial charge in [0.2, 0.25) is 23.6 Å². The molecule has 31 nitrogen and oxygen atoms in total. The predicted molar refractivity (Wildman–Crippen MR) is 489 cm³/mol. The number of aromatic nitrogens is 13. The quantitative estimate of drug-likeness (QED) is 0.0346. The maximum atomic E-state index is 13.8. The number of ether oxygens (including phenoxy) is 3. The van der Waals surface area contributed by atoms with Crippen LogP contribution >= 0.6 is 22.7 Å². The molecule has 19 rings (SSSR count). The summed E-state index contributed by atoms with van der Waals surface area (Å²) in [6.45, 7) is 11.7. The third-order valence-corrected chi connectivity index (χ3v) is 26.7. The average molecular weight is 1760 g/mol. The van der Waals surface area contributed by atoms with Gasteiger partial charge < -0.3 is 44.9 Å². The minimum Gasteiger partial charge on any atom is -0.384 e. The first kappa shape index (κ1) is 87.2. The fraction of sp³-hybridized carbons (Fsp3) is 0.340. The zero-order valence-corrected chi connectivity index (χ0v) is 73.4. The van der Waals surface area contributed by atoms with Crippen molar-refractivity contribution in [1.82, 2.24) is 94.9 Å². The fourth-order valence-electron chi connectivity index (χ4n) is 17.7. The number of fused-ring (bicyclic) bond motifs is 3. The van der Waals surface area contributed by atoms with Crippen molar-refractivity contribution >= 4 is 119 Å². The number of aryl methyl sites for hydroxylation is 2. The molecule has 0 radical (unpaired) electrons. The summed E-state index contributed by atoms with van der Waals surface area (Å²) in [5, 5.41) is 39.5. The van der Waals surface area contributed by atoms with Gasteiger partial charge in [-0.1, -0.05) is 36.4 Å². The number of anilines is 3. The van der Waals surface area contributed by atoms with E-state index in [1.165, 1.54) is 23.3 Å². The van der Waals surface area contributed by atoms with Crippen molar-refractivity contribution in [3.05, 3.63) is 220 Å². The van der Waals surface area contributed by atoms with Crippen LogP contribution in [0.15, 0.2) is 187 Å². The van der Waals surface area contributed by atoms with E-state index in [0.29, 0.717) is 136 Å². The second-order valence-corrected chi connectivity index (χ2v) is 35.0. The summed E-state index contributed by atoms with van der Waals surface area (Å²) in [5.74, 6) is 0.727. The Hall–Kier alpha value is -12.9.